The number of benzene rings is 3. The molecule has 15 heteroatoms. The normalized spacial score (nSPS) is 25.3. The summed E-state index contributed by atoms with van der Waals surface area (Å²) in [5.74, 6) is -12.7. The van der Waals surface area contributed by atoms with Crippen LogP contribution in [0.3, 0.4) is 0 Å². The zero-order valence-electron chi connectivity index (χ0n) is 27.0. The van der Waals surface area contributed by atoms with Crippen LogP contribution in [0, 0.1) is 29.6 Å². The van der Waals surface area contributed by atoms with Crippen molar-refractivity contribution in [1.29, 1.82) is 0 Å². The zero-order chi connectivity index (χ0) is 36.6. The lowest BCUT2D eigenvalue weighted by atomic mass is 9.57. The Bertz CT molecular complexity index is 2120. The van der Waals surface area contributed by atoms with Crippen molar-refractivity contribution >= 4 is 46.9 Å². The number of amides is 4. The minimum atomic E-state index is -1.42. The maximum absolute atomic E-state index is 14.4. The van der Waals surface area contributed by atoms with Crippen molar-refractivity contribution in [2.24, 2.45) is 29.6 Å². The summed E-state index contributed by atoms with van der Waals surface area (Å²) in [6.07, 6.45) is 1.74. The fourth-order valence-electron chi connectivity index (χ4n) is 8.29. The van der Waals surface area contributed by atoms with Crippen LogP contribution in [0.25, 0.3) is 0 Å². The number of allylic oxidation sites excluding steroid dienone is 2. The van der Waals surface area contributed by atoms with Crippen LogP contribution in [-0.2, 0) is 19.2 Å². The lowest BCUT2D eigenvalue weighted by Crippen LogP contribution is -2.43. The van der Waals surface area contributed by atoms with Gasteiger partial charge in [0.2, 0.25) is 23.6 Å². The van der Waals surface area contributed by atoms with Crippen molar-refractivity contribution in [2.45, 2.75) is 18.8 Å². The number of aromatic hydroxyl groups is 3. The number of fused-ring (bicyclic) bond motifs is 4. The maximum atomic E-state index is 14.4. The monoisotopic (exact) mass is 698 g/mol. The number of phenolic OH excluding ortho intramolecular Hbond substituents is 1. The average Bonchev–Trinajstić information content (AvgIpc) is 3.50. The lowest BCUT2D eigenvalue weighted by Gasteiger charge is -2.44. The van der Waals surface area contributed by atoms with Gasteiger partial charge in [-0.25, -0.2) is 19.4 Å². The predicted octanol–water partition coefficient (Wildman–Crippen LogP) is 3.26. The molecule has 3 aromatic carbocycles. The third kappa shape index (κ3) is 4.87. The highest BCUT2D eigenvalue weighted by Crippen LogP contribution is 2.61. The van der Waals surface area contributed by atoms with Crippen molar-refractivity contribution in [3.63, 3.8) is 0 Å². The predicted molar refractivity (Wildman–Crippen MR) is 174 cm³/mol. The number of phenols is 3. The van der Waals surface area contributed by atoms with Gasteiger partial charge in [0.25, 0.3) is 0 Å². The van der Waals surface area contributed by atoms with Crippen molar-refractivity contribution < 1.29 is 63.8 Å². The molecule has 3 aromatic rings. The summed E-state index contributed by atoms with van der Waals surface area (Å²) in [7, 11) is 2.74. The molecule has 2 heterocycles. The second-order valence-corrected chi connectivity index (χ2v) is 12.8. The number of methoxy groups -OCH3 is 2. The summed E-state index contributed by atoms with van der Waals surface area (Å²) in [4.78, 5) is 81.5. The standard InChI is InChI=1S/C36H30N2O13/c1-50-16-11-25(41)30(26(12-16)51-2)28-17-7-8-20-27(33(44)37(31(20)42)14-3-5-18(35(46)47)23(39)9-14)21(17)13-22-29(28)34(45)38(32(22)43)15-4-6-19(36(48)49)24(40)10-15/h3-7,9-12,20-22,27-29,39-41H,8,13H2,1-2H3,(H,46,47)(H,48,49). The van der Waals surface area contributed by atoms with Crippen LogP contribution in [0.5, 0.6) is 28.7 Å². The molecule has 4 aliphatic rings. The van der Waals surface area contributed by atoms with Gasteiger partial charge < -0.3 is 35.0 Å². The maximum Gasteiger partial charge on any atom is 0.339 e. The van der Waals surface area contributed by atoms with E-state index in [0.29, 0.717) is 5.57 Å². The van der Waals surface area contributed by atoms with Crippen LogP contribution < -0.4 is 19.3 Å². The minimum Gasteiger partial charge on any atom is -0.507 e. The molecule has 6 unspecified atom stereocenters. The van der Waals surface area contributed by atoms with E-state index < -0.39 is 93.7 Å². The molecule has 2 saturated heterocycles. The van der Waals surface area contributed by atoms with E-state index in [9.17, 15) is 54.3 Å². The first-order chi connectivity index (χ1) is 24.3. The summed E-state index contributed by atoms with van der Waals surface area (Å²) < 4.78 is 11.0. The van der Waals surface area contributed by atoms with Gasteiger partial charge in [0.1, 0.15) is 39.9 Å². The van der Waals surface area contributed by atoms with Gasteiger partial charge in [-0.2, -0.15) is 0 Å². The van der Waals surface area contributed by atoms with Gasteiger partial charge in [-0.3, -0.25) is 19.2 Å². The third-order valence-electron chi connectivity index (χ3n) is 10.4. The molecule has 2 aliphatic carbocycles. The van der Waals surface area contributed by atoms with Crippen LogP contribution in [0.4, 0.5) is 11.4 Å². The largest absolute Gasteiger partial charge is 0.507 e. The van der Waals surface area contributed by atoms with Crippen molar-refractivity contribution in [2.75, 3.05) is 24.0 Å². The van der Waals surface area contributed by atoms with Crippen molar-refractivity contribution in [1.82, 2.24) is 0 Å². The van der Waals surface area contributed by atoms with E-state index in [0.717, 1.165) is 34.1 Å². The molecule has 0 radical (unpaired) electrons. The molecule has 0 aromatic heterocycles. The Kier molecular flexibility index (Phi) is 7.73. The summed E-state index contributed by atoms with van der Waals surface area (Å²) in [5.41, 5.74) is -0.306. The van der Waals surface area contributed by atoms with Gasteiger partial charge in [-0.15, -0.1) is 0 Å². The molecule has 2 aliphatic heterocycles. The Hall–Kier alpha value is -6.38. The van der Waals surface area contributed by atoms with E-state index in [-0.39, 0.29) is 47.0 Å². The van der Waals surface area contributed by atoms with E-state index >= 15 is 0 Å². The topological polar surface area (TPSA) is 229 Å². The molecule has 262 valence electrons. The number of carbonyl (C=O) groups is 6. The Labute approximate surface area is 288 Å². The number of hydrogen-bond donors (Lipinski definition) is 5. The van der Waals surface area contributed by atoms with Crippen LogP contribution in [0.1, 0.15) is 45.0 Å². The number of carboxylic acid groups (broad SMARTS) is 2. The highest BCUT2D eigenvalue weighted by atomic mass is 16.5. The Balaban J connectivity index is 1.36. The van der Waals surface area contributed by atoms with E-state index in [4.69, 9.17) is 9.47 Å². The molecular formula is C36H30N2O13. The molecule has 6 atom stereocenters. The molecular weight excluding hydrogens is 668 g/mol. The second kappa shape index (κ2) is 11.9. The number of imide groups is 2. The molecule has 51 heavy (non-hydrogen) atoms. The number of nitrogens with zero attached hydrogens (tertiary/aromatic N) is 2. The smallest absolute Gasteiger partial charge is 0.339 e. The van der Waals surface area contributed by atoms with E-state index in [1.807, 2.05) is 0 Å². The summed E-state index contributed by atoms with van der Waals surface area (Å²) >= 11 is 0. The fraction of sp³-hybridized carbons (Fsp3) is 0.278. The zero-order valence-corrected chi connectivity index (χ0v) is 27.0. The molecule has 7 rings (SSSR count). The first-order valence-electron chi connectivity index (χ1n) is 15.8. The number of rotatable bonds is 7. The first-order valence-corrected chi connectivity index (χ1v) is 15.8. The fourth-order valence-corrected chi connectivity index (χ4v) is 8.29. The number of carbonyl (C=O) groups excluding carboxylic acids is 4. The summed E-state index contributed by atoms with van der Waals surface area (Å²) in [6.45, 7) is 0. The number of hydrogen-bond acceptors (Lipinski definition) is 11. The third-order valence-corrected chi connectivity index (χ3v) is 10.4. The minimum absolute atomic E-state index is 0.0361. The van der Waals surface area contributed by atoms with E-state index in [1.165, 1.54) is 38.5 Å². The van der Waals surface area contributed by atoms with Gasteiger partial charge >= 0.3 is 11.9 Å². The average molecular weight is 699 g/mol. The quantitative estimate of drug-likeness (QED) is 0.177. The van der Waals surface area contributed by atoms with Gasteiger partial charge in [0.15, 0.2) is 0 Å². The SMILES string of the molecule is COc1cc(O)c(C2C3=CCC4C(=O)N(c5ccc(C(=O)O)c(O)c5)C(=O)C4C3CC3C(=O)N(c4ccc(C(=O)O)c(O)c4)C(=O)C32)c(OC)c1. The van der Waals surface area contributed by atoms with Gasteiger partial charge in [0, 0.05) is 35.7 Å². The van der Waals surface area contributed by atoms with Gasteiger partial charge in [0.05, 0.1) is 49.3 Å². The van der Waals surface area contributed by atoms with E-state index in [2.05, 4.69) is 0 Å². The summed E-state index contributed by atoms with van der Waals surface area (Å²) in [5, 5.41) is 50.9. The molecule has 4 amide bonds. The molecule has 0 bridgehead atoms. The first kappa shape index (κ1) is 33.1. The number of anilines is 2. The number of aromatic carboxylic acids is 2. The van der Waals surface area contributed by atoms with Crippen molar-refractivity contribution in [3.05, 3.63) is 76.9 Å². The Morgan fingerprint density at radius 1 is 0.667 bits per heavy atom. The number of carboxylic acids is 2. The van der Waals surface area contributed by atoms with Crippen LogP contribution in [0.15, 0.2) is 60.2 Å². The number of ether oxygens (including phenoxy) is 2. The van der Waals surface area contributed by atoms with Gasteiger partial charge in [-0.05, 0) is 43.0 Å². The Morgan fingerprint density at radius 3 is 1.73 bits per heavy atom. The van der Waals surface area contributed by atoms with Crippen LogP contribution in [-0.4, -0.2) is 75.3 Å². The molecule has 5 N–H and O–H groups in total. The molecule has 3 fully saturated rings. The van der Waals surface area contributed by atoms with Crippen LogP contribution in [0.2, 0.25) is 0 Å². The second-order valence-electron chi connectivity index (χ2n) is 12.8. The molecule has 15 nitrogen and oxygen atoms in total. The molecule has 0 spiro atoms. The lowest BCUT2D eigenvalue weighted by molar-refractivity contribution is -0.126. The van der Waals surface area contributed by atoms with Crippen molar-refractivity contribution in [3.8, 4) is 28.7 Å². The van der Waals surface area contributed by atoms with Gasteiger partial charge in [-0.1, -0.05) is 11.6 Å². The Morgan fingerprint density at radius 2 is 1.22 bits per heavy atom. The summed E-state index contributed by atoms with van der Waals surface area (Å²) in [6, 6.07) is 9.46. The highest BCUT2D eigenvalue weighted by molar-refractivity contribution is 6.24. The highest BCUT2D eigenvalue weighted by Gasteiger charge is 2.63. The van der Waals surface area contributed by atoms with E-state index in [1.54, 1.807) is 6.08 Å². The molecule has 1 saturated carbocycles. The van der Waals surface area contributed by atoms with Crippen LogP contribution >= 0.6 is 0 Å².